The average Bonchev–Trinajstić information content (AvgIpc) is 2.96. The molecule has 0 unspecified atom stereocenters. The van der Waals surface area contributed by atoms with E-state index in [9.17, 15) is 9.18 Å². The zero-order valence-corrected chi connectivity index (χ0v) is 14.7. The second-order valence-electron chi connectivity index (χ2n) is 6.12. The van der Waals surface area contributed by atoms with E-state index in [2.05, 4.69) is 20.7 Å². The first kappa shape index (κ1) is 16.8. The van der Waals surface area contributed by atoms with Crippen LogP contribution in [0.5, 0.6) is 0 Å². The lowest BCUT2D eigenvalue weighted by Crippen LogP contribution is -2.23. The van der Waals surface area contributed by atoms with Gasteiger partial charge >= 0.3 is 5.76 Å². The number of para-hydroxylation sites is 2. The van der Waals surface area contributed by atoms with E-state index in [-0.39, 0.29) is 11.6 Å². The summed E-state index contributed by atoms with van der Waals surface area (Å²) in [6, 6.07) is 11.8. The minimum atomic E-state index is -0.562. The van der Waals surface area contributed by atoms with Crippen molar-refractivity contribution in [2.45, 2.75) is 13.8 Å². The molecule has 0 fully saturated rings. The Balaban J connectivity index is 1.69. The third kappa shape index (κ3) is 3.24. The number of nitrogens with zero attached hydrogens (tertiary/aromatic N) is 3. The molecule has 7 nitrogen and oxygen atoms in total. The van der Waals surface area contributed by atoms with Crippen LogP contribution in [0.25, 0.3) is 11.1 Å². The standard InChI is InChI=1S/C19H16FN5O2/c1-11-7-8-13(20)14(9-11)22-18-21-10-12(2)17(23-18)24-25-15-5-3-4-6-16(15)27-19(25)26/h3-10H,1-2H3,(H2,21,22,23,24). The lowest BCUT2D eigenvalue weighted by atomic mass is 10.2. The fourth-order valence-corrected chi connectivity index (χ4v) is 2.65. The monoisotopic (exact) mass is 365 g/mol. The third-order valence-corrected chi connectivity index (χ3v) is 4.04. The lowest BCUT2D eigenvalue weighted by molar-refractivity contribution is 0.532. The van der Waals surface area contributed by atoms with Gasteiger partial charge in [0.1, 0.15) is 11.3 Å². The Morgan fingerprint density at radius 1 is 1.15 bits per heavy atom. The van der Waals surface area contributed by atoms with Crippen molar-refractivity contribution in [3.63, 3.8) is 0 Å². The molecule has 8 heteroatoms. The summed E-state index contributed by atoms with van der Waals surface area (Å²) in [5, 5.41) is 2.86. The average molecular weight is 365 g/mol. The highest BCUT2D eigenvalue weighted by Crippen LogP contribution is 2.21. The van der Waals surface area contributed by atoms with Crippen molar-refractivity contribution in [1.82, 2.24) is 14.6 Å². The van der Waals surface area contributed by atoms with Crippen LogP contribution in [0.15, 0.2) is 57.9 Å². The molecule has 2 aromatic carbocycles. The van der Waals surface area contributed by atoms with Crippen LogP contribution in [0.2, 0.25) is 0 Å². The molecular weight excluding hydrogens is 349 g/mol. The van der Waals surface area contributed by atoms with Gasteiger partial charge in [0.05, 0.1) is 5.69 Å². The number of rotatable bonds is 4. The molecule has 2 heterocycles. The van der Waals surface area contributed by atoms with Gasteiger partial charge < -0.3 is 9.73 Å². The molecule has 0 atom stereocenters. The van der Waals surface area contributed by atoms with Crippen LogP contribution in [0.1, 0.15) is 11.1 Å². The van der Waals surface area contributed by atoms with Crippen LogP contribution >= 0.6 is 0 Å². The Labute approximate surface area is 153 Å². The van der Waals surface area contributed by atoms with Crippen LogP contribution in [0.4, 0.5) is 21.8 Å². The van der Waals surface area contributed by atoms with Crippen molar-refractivity contribution >= 4 is 28.6 Å². The van der Waals surface area contributed by atoms with E-state index in [0.29, 0.717) is 22.5 Å². The number of oxazole rings is 1. The van der Waals surface area contributed by atoms with E-state index < -0.39 is 11.6 Å². The molecule has 0 saturated heterocycles. The molecular formula is C19H16FN5O2. The number of fused-ring (bicyclic) bond motifs is 1. The smallest absolute Gasteiger partial charge is 0.406 e. The first-order valence-electron chi connectivity index (χ1n) is 8.26. The van der Waals surface area contributed by atoms with Gasteiger partial charge in [-0.2, -0.15) is 9.66 Å². The van der Waals surface area contributed by atoms with Gasteiger partial charge in [-0.3, -0.25) is 5.43 Å². The van der Waals surface area contributed by atoms with E-state index in [0.717, 1.165) is 5.56 Å². The number of benzene rings is 2. The summed E-state index contributed by atoms with van der Waals surface area (Å²) in [6.45, 7) is 3.66. The van der Waals surface area contributed by atoms with Crippen molar-refractivity contribution in [3.8, 4) is 0 Å². The predicted octanol–water partition coefficient (Wildman–Crippen LogP) is 3.76. The Bertz CT molecular complexity index is 1200. The maximum Gasteiger partial charge on any atom is 0.439 e. The molecule has 0 radical (unpaired) electrons. The van der Waals surface area contributed by atoms with Crippen LogP contribution < -0.4 is 16.5 Å². The van der Waals surface area contributed by atoms with Crippen molar-refractivity contribution < 1.29 is 8.81 Å². The van der Waals surface area contributed by atoms with Gasteiger partial charge in [0.2, 0.25) is 5.95 Å². The number of nitrogens with one attached hydrogen (secondary N) is 2. The largest absolute Gasteiger partial charge is 0.439 e. The molecule has 0 aliphatic carbocycles. The van der Waals surface area contributed by atoms with Gasteiger partial charge in [-0.15, -0.1) is 0 Å². The molecule has 0 aliphatic rings. The predicted molar refractivity (Wildman–Crippen MR) is 101 cm³/mol. The first-order chi connectivity index (χ1) is 13.0. The third-order valence-electron chi connectivity index (χ3n) is 4.04. The van der Waals surface area contributed by atoms with E-state index in [1.54, 1.807) is 49.5 Å². The quantitative estimate of drug-likeness (QED) is 0.573. The van der Waals surface area contributed by atoms with E-state index in [1.807, 2.05) is 6.92 Å². The second-order valence-corrected chi connectivity index (χ2v) is 6.12. The fourth-order valence-electron chi connectivity index (χ4n) is 2.65. The van der Waals surface area contributed by atoms with Gasteiger partial charge in [-0.25, -0.2) is 14.2 Å². The molecule has 0 amide bonds. The molecule has 136 valence electrons. The summed E-state index contributed by atoms with van der Waals surface area (Å²) in [4.78, 5) is 20.7. The summed E-state index contributed by atoms with van der Waals surface area (Å²) < 4.78 is 20.4. The van der Waals surface area contributed by atoms with Crippen molar-refractivity contribution in [2.75, 3.05) is 10.7 Å². The van der Waals surface area contributed by atoms with Gasteiger partial charge in [0.15, 0.2) is 11.4 Å². The number of halogens is 1. The molecule has 2 aromatic heterocycles. The summed E-state index contributed by atoms with van der Waals surface area (Å²) in [5.41, 5.74) is 5.87. The normalized spacial score (nSPS) is 10.9. The Morgan fingerprint density at radius 2 is 1.96 bits per heavy atom. The highest BCUT2D eigenvalue weighted by Gasteiger charge is 2.12. The highest BCUT2D eigenvalue weighted by atomic mass is 19.1. The minimum Gasteiger partial charge on any atom is -0.406 e. The van der Waals surface area contributed by atoms with Gasteiger partial charge in [-0.1, -0.05) is 18.2 Å². The fraction of sp³-hybridized carbons (Fsp3) is 0.105. The molecule has 2 N–H and O–H groups in total. The topological polar surface area (TPSA) is 85.0 Å². The SMILES string of the molecule is Cc1ccc(F)c(Nc2ncc(C)c(Nn3c(=O)oc4ccccc43)n2)c1. The molecule has 0 bridgehead atoms. The van der Waals surface area contributed by atoms with Crippen molar-refractivity contribution in [1.29, 1.82) is 0 Å². The maximum atomic E-state index is 14.0. The highest BCUT2D eigenvalue weighted by molar-refractivity contribution is 5.73. The Kier molecular flexibility index (Phi) is 4.08. The number of anilines is 3. The molecule has 4 rings (SSSR count). The zero-order valence-electron chi connectivity index (χ0n) is 14.7. The lowest BCUT2D eigenvalue weighted by Gasteiger charge is -2.11. The van der Waals surface area contributed by atoms with Crippen LogP contribution in [-0.2, 0) is 0 Å². The van der Waals surface area contributed by atoms with Gasteiger partial charge in [0, 0.05) is 11.8 Å². The minimum absolute atomic E-state index is 0.202. The van der Waals surface area contributed by atoms with E-state index in [4.69, 9.17) is 4.42 Å². The number of hydrogen-bond acceptors (Lipinski definition) is 6. The van der Waals surface area contributed by atoms with E-state index >= 15 is 0 Å². The van der Waals surface area contributed by atoms with Crippen molar-refractivity contribution in [3.05, 3.63) is 76.2 Å². The Hall–Kier alpha value is -3.68. The van der Waals surface area contributed by atoms with Crippen LogP contribution in [0, 0.1) is 19.7 Å². The van der Waals surface area contributed by atoms with Crippen LogP contribution in [-0.4, -0.2) is 14.6 Å². The van der Waals surface area contributed by atoms with Gasteiger partial charge in [0.25, 0.3) is 0 Å². The van der Waals surface area contributed by atoms with Gasteiger partial charge in [-0.05, 0) is 43.7 Å². The number of hydrogen-bond donors (Lipinski definition) is 2. The summed E-state index contributed by atoms with van der Waals surface area (Å²) in [5.74, 6) is -0.368. The Morgan fingerprint density at radius 3 is 2.81 bits per heavy atom. The number of aromatic nitrogens is 3. The molecule has 27 heavy (non-hydrogen) atoms. The zero-order chi connectivity index (χ0) is 19.0. The molecule has 0 aliphatic heterocycles. The maximum absolute atomic E-state index is 14.0. The van der Waals surface area contributed by atoms with Crippen molar-refractivity contribution in [2.24, 2.45) is 0 Å². The first-order valence-corrected chi connectivity index (χ1v) is 8.26. The summed E-state index contributed by atoms with van der Waals surface area (Å²) in [7, 11) is 0. The number of aryl methyl sites for hydroxylation is 2. The van der Waals surface area contributed by atoms with Crippen LogP contribution in [0.3, 0.4) is 0 Å². The molecule has 0 spiro atoms. The molecule has 0 saturated carbocycles. The summed E-state index contributed by atoms with van der Waals surface area (Å²) in [6.07, 6.45) is 1.58. The second kappa shape index (κ2) is 6.56. The molecule has 4 aromatic rings. The van der Waals surface area contributed by atoms with E-state index in [1.165, 1.54) is 10.7 Å². The summed E-state index contributed by atoms with van der Waals surface area (Å²) >= 11 is 0.